The van der Waals surface area contributed by atoms with Gasteiger partial charge in [0.2, 0.25) is 0 Å². The van der Waals surface area contributed by atoms with Crippen LogP contribution in [0.1, 0.15) is 10.4 Å². The summed E-state index contributed by atoms with van der Waals surface area (Å²) in [5, 5.41) is 3.36. The maximum Gasteiger partial charge on any atom is 0.158 e. The molecule has 7 nitrogen and oxygen atoms in total. The second-order valence-electron chi connectivity index (χ2n) is 7.43. The van der Waals surface area contributed by atoms with Crippen molar-refractivity contribution in [2.75, 3.05) is 49.2 Å². The molecule has 0 bridgehead atoms. The first-order chi connectivity index (χ1) is 15.0. The number of aromatic nitrogens is 2. The number of carbonyl (C=O) groups is 1. The van der Waals surface area contributed by atoms with Crippen molar-refractivity contribution in [3.8, 4) is 11.1 Å². The van der Waals surface area contributed by atoms with Crippen molar-refractivity contribution in [3.05, 3.63) is 59.3 Å². The summed E-state index contributed by atoms with van der Waals surface area (Å²) in [7, 11) is 2.06. The highest BCUT2D eigenvalue weighted by Gasteiger charge is 2.21. The van der Waals surface area contributed by atoms with Crippen LogP contribution in [0.15, 0.2) is 42.7 Å². The lowest BCUT2D eigenvalue weighted by Gasteiger charge is -2.35. The van der Waals surface area contributed by atoms with Crippen LogP contribution in [0.3, 0.4) is 0 Å². The smallest absolute Gasteiger partial charge is 0.158 e. The molecule has 1 aliphatic heterocycles. The number of nitrogens with zero attached hydrogens (tertiary/aromatic N) is 4. The number of rotatable bonds is 5. The highest BCUT2D eigenvalue weighted by molar-refractivity contribution is 6.32. The quantitative estimate of drug-likeness (QED) is 0.460. The molecule has 0 aliphatic carbocycles. The van der Waals surface area contributed by atoms with Gasteiger partial charge in [-0.15, -0.1) is 0 Å². The van der Waals surface area contributed by atoms with E-state index in [1.165, 1.54) is 12.4 Å². The molecule has 0 spiro atoms. The molecule has 1 fully saturated rings. The topological polar surface area (TPSA) is 87.4 Å². The van der Waals surface area contributed by atoms with Gasteiger partial charge in [-0.2, -0.15) is 0 Å². The van der Waals surface area contributed by atoms with Crippen LogP contribution in [0.25, 0.3) is 11.1 Å². The number of piperazine rings is 1. The third-order valence-corrected chi connectivity index (χ3v) is 5.68. The van der Waals surface area contributed by atoms with E-state index >= 15 is 4.39 Å². The molecule has 0 radical (unpaired) electrons. The van der Waals surface area contributed by atoms with Gasteiger partial charge in [-0.1, -0.05) is 35.9 Å². The van der Waals surface area contributed by atoms with E-state index in [0.717, 1.165) is 32.5 Å². The number of likely N-dealkylation sites (N-methyl/N-ethyl adjacent to an activating group) is 1. The van der Waals surface area contributed by atoms with Gasteiger partial charge in [-0.05, 0) is 24.7 Å². The van der Waals surface area contributed by atoms with Crippen LogP contribution in [0.2, 0.25) is 5.15 Å². The SMILES string of the molecule is CN1CCN(c2cc(F)c(-c3ccc(C=O)cc3)cc2Nc2ncnc(Cl)c2N)CC1. The van der Waals surface area contributed by atoms with Gasteiger partial charge >= 0.3 is 0 Å². The summed E-state index contributed by atoms with van der Waals surface area (Å²) in [5.41, 5.74) is 9.21. The molecule has 0 atom stereocenters. The lowest BCUT2D eigenvalue weighted by molar-refractivity contribution is 0.112. The van der Waals surface area contributed by atoms with Gasteiger partial charge in [-0.25, -0.2) is 14.4 Å². The van der Waals surface area contributed by atoms with Crippen LogP contribution in [-0.4, -0.2) is 54.4 Å². The van der Waals surface area contributed by atoms with Crippen LogP contribution in [0.4, 0.5) is 27.3 Å². The number of nitrogens with one attached hydrogen (secondary N) is 1. The summed E-state index contributed by atoms with van der Waals surface area (Å²) in [6.07, 6.45) is 2.07. The fourth-order valence-corrected chi connectivity index (χ4v) is 3.67. The summed E-state index contributed by atoms with van der Waals surface area (Å²) in [5.74, 6) is -0.00346. The van der Waals surface area contributed by atoms with E-state index in [4.69, 9.17) is 17.3 Å². The summed E-state index contributed by atoms with van der Waals surface area (Å²) >= 11 is 6.04. The average molecular weight is 441 g/mol. The van der Waals surface area contributed by atoms with Gasteiger partial charge in [0.05, 0.1) is 11.4 Å². The lowest BCUT2D eigenvalue weighted by atomic mass is 10.0. The van der Waals surface area contributed by atoms with Gasteiger partial charge in [0, 0.05) is 37.3 Å². The van der Waals surface area contributed by atoms with E-state index in [2.05, 4.69) is 32.1 Å². The first-order valence-electron chi connectivity index (χ1n) is 9.82. The molecule has 1 aromatic heterocycles. The molecule has 3 aromatic rings. The molecule has 3 N–H and O–H groups in total. The molecule has 2 heterocycles. The van der Waals surface area contributed by atoms with E-state index in [0.29, 0.717) is 33.9 Å². The fraction of sp³-hybridized carbons (Fsp3) is 0.227. The first kappa shape index (κ1) is 21.0. The minimum absolute atomic E-state index is 0.144. The Labute approximate surface area is 184 Å². The largest absolute Gasteiger partial charge is 0.393 e. The highest BCUT2D eigenvalue weighted by atomic mass is 35.5. The monoisotopic (exact) mass is 440 g/mol. The van der Waals surface area contributed by atoms with Crippen molar-refractivity contribution in [2.24, 2.45) is 0 Å². The van der Waals surface area contributed by atoms with Crippen molar-refractivity contribution in [1.82, 2.24) is 14.9 Å². The minimum atomic E-state index is -0.355. The Kier molecular flexibility index (Phi) is 6.01. The van der Waals surface area contributed by atoms with Gasteiger partial charge in [0.25, 0.3) is 0 Å². The summed E-state index contributed by atoms with van der Waals surface area (Å²) < 4.78 is 15.2. The molecule has 1 saturated heterocycles. The molecule has 0 amide bonds. The molecule has 2 aromatic carbocycles. The Bertz CT molecular complexity index is 1100. The van der Waals surface area contributed by atoms with Crippen LogP contribution in [-0.2, 0) is 0 Å². The maximum absolute atomic E-state index is 15.2. The van der Waals surface area contributed by atoms with Gasteiger partial charge in [0.15, 0.2) is 11.0 Å². The number of nitrogen functional groups attached to an aromatic ring is 1. The van der Waals surface area contributed by atoms with Gasteiger partial charge in [0.1, 0.15) is 24.1 Å². The average Bonchev–Trinajstić information content (AvgIpc) is 2.78. The van der Waals surface area contributed by atoms with Gasteiger partial charge < -0.3 is 20.9 Å². The normalized spacial score (nSPS) is 14.5. The zero-order valence-corrected chi connectivity index (χ0v) is 17.7. The number of halogens is 2. The number of hydrogen-bond acceptors (Lipinski definition) is 7. The van der Waals surface area contributed by atoms with Crippen LogP contribution in [0.5, 0.6) is 0 Å². The predicted octanol–water partition coefficient (Wildman–Crippen LogP) is 3.83. The molecule has 31 heavy (non-hydrogen) atoms. The van der Waals surface area contributed by atoms with Crippen molar-refractivity contribution in [2.45, 2.75) is 0 Å². The third-order valence-electron chi connectivity index (χ3n) is 5.38. The maximum atomic E-state index is 15.2. The van der Waals surface area contributed by atoms with Gasteiger partial charge in [-0.3, -0.25) is 4.79 Å². The number of carbonyl (C=O) groups excluding carboxylic acids is 1. The number of hydrogen-bond donors (Lipinski definition) is 2. The van der Waals surface area contributed by atoms with Crippen molar-refractivity contribution < 1.29 is 9.18 Å². The standard InChI is InChI=1S/C22H22ClFN6O/c1-29-6-8-30(9-7-29)19-11-17(24)16(15-4-2-14(12-31)3-5-15)10-18(19)28-22-20(25)21(23)26-13-27-22/h2-5,10-13H,6-9,25H2,1H3,(H,26,27,28). The minimum Gasteiger partial charge on any atom is -0.393 e. The molecule has 0 saturated carbocycles. The van der Waals surface area contributed by atoms with Crippen molar-refractivity contribution in [3.63, 3.8) is 0 Å². The number of anilines is 4. The zero-order chi connectivity index (χ0) is 22.0. The molecule has 160 valence electrons. The van der Waals surface area contributed by atoms with Crippen LogP contribution < -0.4 is 16.0 Å². The van der Waals surface area contributed by atoms with Crippen molar-refractivity contribution >= 4 is 40.8 Å². The summed E-state index contributed by atoms with van der Waals surface area (Å²) in [6.45, 7) is 3.27. The van der Waals surface area contributed by atoms with E-state index in [-0.39, 0.29) is 16.7 Å². The van der Waals surface area contributed by atoms with Crippen LogP contribution >= 0.6 is 11.6 Å². The number of aldehydes is 1. The molecular formula is C22H22ClFN6O. The van der Waals surface area contributed by atoms with Crippen LogP contribution in [0, 0.1) is 5.82 Å². The van der Waals surface area contributed by atoms with E-state index in [1.54, 1.807) is 30.3 Å². The lowest BCUT2D eigenvalue weighted by Crippen LogP contribution is -2.44. The molecule has 1 aliphatic rings. The summed E-state index contributed by atoms with van der Waals surface area (Å²) in [6, 6.07) is 10.0. The Morgan fingerprint density at radius 3 is 2.52 bits per heavy atom. The molecule has 0 unspecified atom stereocenters. The Morgan fingerprint density at radius 2 is 1.84 bits per heavy atom. The summed E-state index contributed by atoms with van der Waals surface area (Å²) in [4.78, 5) is 23.4. The second-order valence-corrected chi connectivity index (χ2v) is 7.79. The Morgan fingerprint density at radius 1 is 1.13 bits per heavy atom. The Balaban J connectivity index is 1.79. The molecular weight excluding hydrogens is 419 g/mol. The second kappa shape index (κ2) is 8.87. The molecule has 4 rings (SSSR count). The molecule has 9 heteroatoms. The van der Waals surface area contributed by atoms with Crippen molar-refractivity contribution in [1.29, 1.82) is 0 Å². The Hall–Kier alpha value is -3.23. The van der Waals surface area contributed by atoms with E-state index < -0.39 is 0 Å². The highest BCUT2D eigenvalue weighted by Crippen LogP contribution is 2.37. The number of nitrogens with two attached hydrogens (primary N) is 1. The van der Waals surface area contributed by atoms with E-state index in [1.807, 2.05) is 0 Å². The third kappa shape index (κ3) is 4.45. The predicted molar refractivity (Wildman–Crippen MR) is 122 cm³/mol. The first-order valence-corrected chi connectivity index (χ1v) is 10.2. The zero-order valence-electron chi connectivity index (χ0n) is 17.0. The number of benzene rings is 2. The fourth-order valence-electron chi connectivity index (χ4n) is 3.54. The van der Waals surface area contributed by atoms with E-state index in [9.17, 15) is 4.79 Å².